The molecule has 2 rings (SSSR count). The van der Waals surface area contributed by atoms with E-state index in [0.29, 0.717) is 19.8 Å². The summed E-state index contributed by atoms with van der Waals surface area (Å²) in [5.74, 6) is 2.34. The maximum atomic E-state index is 12.8. The molecule has 7 heteroatoms. The normalized spacial score (nSPS) is 16.4. The van der Waals surface area contributed by atoms with E-state index in [0.717, 1.165) is 67.0 Å². The predicted molar refractivity (Wildman–Crippen MR) is 153 cm³/mol. The van der Waals surface area contributed by atoms with Crippen LogP contribution in [0, 0.1) is 18.3 Å². The zero-order chi connectivity index (χ0) is 28.7. The van der Waals surface area contributed by atoms with E-state index in [-0.39, 0.29) is 12.3 Å². The first-order valence-corrected chi connectivity index (χ1v) is 12.8. The van der Waals surface area contributed by atoms with Gasteiger partial charge in [0.05, 0.1) is 24.7 Å². The Morgan fingerprint density at radius 1 is 1.15 bits per heavy atom. The van der Waals surface area contributed by atoms with Crippen LogP contribution in [-0.4, -0.2) is 57.1 Å². The number of piperazine rings is 1. The molecule has 208 valence electrons. The summed E-state index contributed by atoms with van der Waals surface area (Å²) in [7, 11) is 0. The summed E-state index contributed by atoms with van der Waals surface area (Å²) in [4.78, 5) is 15.2. The molecule has 0 amide bonds. The van der Waals surface area contributed by atoms with Crippen LogP contribution >= 0.6 is 0 Å². The number of allylic oxidation sites excluding steroid dienone is 5. The third-order valence-electron chi connectivity index (χ3n) is 6.30. The second-order valence-corrected chi connectivity index (χ2v) is 9.10. The lowest BCUT2D eigenvalue weighted by molar-refractivity contribution is -0.137. The number of halogens is 3. The Morgan fingerprint density at radius 3 is 2.41 bits per heavy atom. The van der Waals surface area contributed by atoms with Gasteiger partial charge in [0.2, 0.25) is 0 Å². The predicted octanol–water partition coefficient (Wildman–Crippen LogP) is 6.41. The van der Waals surface area contributed by atoms with Gasteiger partial charge in [-0.2, -0.15) is 13.2 Å². The third kappa shape index (κ3) is 11.0. The van der Waals surface area contributed by atoms with Gasteiger partial charge < -0.3 is 14.4 Å². The van der Waals surface area contributed by atoms with Crippen molar-refractivity contribution in [1.29, 1.82) is 0 Å². The van der Waals surface area contributed by atoms with Gasteiger partial charge in [-0.15, -0.1) is 6.42 Å². The first-order valence-electron chi connectivity index (χ1n) is 12.8. The van der Waals surface area contributed by atoms with Crippen molar-refractivity contribution in [2.45, 2.75) is 19.5 Å². The van der Waals surface area contributed by atoms with Crippen LogP contribution in [0.15, 0.2) is 96.7 Å². The monoisotopic (exact) mass is 538 g/mol. The zero-order valence-corrected chi connectivity index (χ0v) is 22.5. The van der Waals surface area contributed by atoms with Crippen LogP contribution in [0.2, 0.25) is 0 Å². The molecule has 0 bridgehead atoms. The number of hydrogen-bond donors (Lipinski definition) is 0. The van der Waals surface area contributed by atoms with Gasteiger partial charge >= 0.3 is 6.18 Å². The van der Waals surface area contributed by atoms with E-state index in [1.807, 2.05) is 37.3 Å². The third-order valence-corrected chi connectivity index (χ3v) is 6.30. The molecule has 1 heterocycles. The first-order chi connectivity index (χ1) is 18.7. The largest absolute Gasteiger partial charge is 0.416 e. The molecule has 1 atom stereocenters. The number of aldehydes is 1. The summed E-state index contributed by atoms with van der Waals surface area (Å²) in [5.41, 5.74) is 2.99. The second kappa shape index (κ2) is 16.4. The Bertz CT molecular complexity index is 1110. The first kappa shape index (κ1) is 31.6. The minimum Gasteiger partial charge on any atom is -0.373 e. The number of ether oxygens (including phenoxy) is 1. The molecule has 0 radical (unpaired) electrons. The van der Waals surface area contributed by atoms with E-state index in [1.54, 1.807) is 12.2 Å². The molecule has 1 fully saturated rings. The molecule has 1 aliphatic rings. The average Bonchev–Trinajstić information content (AvgIpc) is 2.92. The molecular weight excluding hydrogens is 501 g/mol. The minimum absolute atomic E-state index is 0.258. The quantitative estimate of drug-likeness (QED) is 0.119. The highest BCUT2D eigenvalue weighted by atomic mass is 19.4. The van der Waals surface area contributed by atoms with E-state index >= 15 is 0 Å². The van der Waals surface area contributed by atoms with Gasteiger partial charge in [-0.3, -0.25) is 4.90 Å². The number of alkyl halides is 3. The van der Waals surface area contributed by atoms with Crippen LogP contribution in [-0.2, 0) is 15.7 Å². The van der Waals surface area contributed by atoms with Crippen LogP contribution in [0.25, 0.3) is 0 Å². The highest BCUT2D eigenvalue weighted by molar-refractivity contribution is 5.53. The topological polar surface area (TPSA) is 32.8 Å². The van der Waals surface area contributed by atoms with Crippen LogP contribution in [0.4, 0.5) is 18.9 Å². The van der Waals surface area contributed by atoms with Crippen LogP contribution < -0.4 is 4.90 Å². The van der Waals surface area contributed by atoms with E-state index in [2.05, 4.69) is 28.9 Å². The molecule has 1 aliphatic heterocycles. The maximum Gasteiger partial charge on any atom is 0.416 e. The van der Waals surface area contributed by atoms with Gasteiger partial charge in [-0.05, 0) is 47.9 Å². The van der Waals surface area contributed by atoms with Gasteiger partial charge in [-0.25, -0.2) is 0 Å². The summed E-state index contributed by atoms with van der Waals surface area (Å²) < 4.78 is 44.2. The van der Waals surface area contributed by atoms with E-state index < -0.39 is 11.7 Å². The Balaban J connectivity index is 1.76. The number of nitrogens with zero attached hydrogens (tertiary/aromatic N) is 2. The number of hydrogen-bond acceptors (Lipinski definition) is 4. The molecule has 1 aromatic carbocycles. The molecule has 0 saturated carbocycles. The summed E-state index contributed by atoms with van der Waals surface area (Å²) in [6.45, 7) is 14.4. The zero-order valence-electron chi connectivity index (χ0n) is 22.5. The molecule has 39 heavy (non-hydrogen) atoms. The van der Waals surface area contributed by atoms with Crippen molar-refractivity contribution in [2.75, 3.05) is 50.8 Å². The number of carbonyl (C=O) groups excluding carboxylic acids is 1. The van der Waals surface area contributed by atoms with Gasteiger partial charge in [-0.1, -0.05) is 61.6 Å². The molecular formula is C32H37F3N2O2. The number of rotatable bonds is 14. The Kier molecular flexibility index (Phi) is 13.3. The molecule has 4 nitrogen and oxygen atoms in total. The molecule has 0 aromatic heterocycles. The van der Waals surface area contributed by atoms with Crippen molar-refractivity contribution < 1.29 is 22.7 Å². The fraction of sp³-hybridized carbons (Fsp3) is 0.344. The van der Waals surface area contributed by atoms with Crippen molar-refractivity contribution in [2.24, 2.45) is 5.92 Å². The molecule has 1 aromatic rings. The maximum absolute atomic E-state index is 12.8. The lowest BCUT2D eigenvalue weighted by atomic mass is 9.96. The number of terminal acetylenes is 1. The smallest absolute Gasteiger partial charge is 0.373 e. The standard InChI is InChI=1S/C32H37F3N2O2/c1-5-9-29(28(7-3)17-22-38)10-8-23-39-25-27(6-2)12-11-26(4)24-36-18-20-37(21-19-36)31-15-13-30(14-16-31)32(33,34)35/h3,5-6,8-16,22,28H,1,4,17-21,23-25H2,2H3/b10-8-,12-11-,27-6+,29-9+. The second-order valence-electron chi connectivity index (χ2n) is 9.10. The van der Waals surface area contributed by atoms with Gasteiger partial charge in [0.15, 0.2) is 0 Å². The number of benzene rings is 1. The SMILES string of the molecule is C#CC(CC=O)C(/C=C\COCC(/C=C\C(=C)CN1CCN(c2ccc(C(F)(F)F)cc2)CC1)=C/C)=C/C=C. The lowest BCUT2D eigenvalue weighted by Gasteiger charge is -2.36. The molecule has 0 N–H and O–H groups in total. The number of anilines is 1. The van der Waals surface area contributed by atoms with Crippen LogP contribution in [0.1, 0.15) is 18.9 Å². The lowest BCUT2D eigenvalue weighted by Crippen LogP contribution is -2.46. The Labute approximate surface area is 230 Å². The fourth-order valence-electron chi connectivity index (χ4n) is 4.07. The van der Waals surface area contributed by atoms with Crippen molar-refractivity contribution in [3.63, 3.8) is 0 Å². The fourth-order valence-corrected chi connectivity index (χ4v) is 4.07. The van der Waals surface area contributed by atoms with Crippen molar-refractivity contribution in [3.8, 4) is 12.3 Å². The van der Waals surface area contributed by atoms with Crippen molar-refractivity contribution in [3.05, 3.63) is 102 Å². The van der Waals surface area contributed by atoms with Crippen LogP contribution in [0.3, 0.4) is 0 Å². The Morgan fingerprint density at radius 2 is 1.85 bits per heavy atom. The summed E-state index contributed by atoms with van der Waals surface area (Å²) in [5, 5.41) is 0. The number of carbonyl (C=O) groups is 1. The Hall–Kier alpha value is -3.60. The molecule has 0 spiro atoms. The molecule has 0 aliphatic carbocycles. The molecule has 1 saturated heterocycles. The van der Waals surface area contributed by atoms with E-state index in [9.17, 15) is 18.0 Å². The van der Waals surface area contributed by atoms with Gasteiger partial charge in [0.1, 0.15) is 6.29 Å². The summed E-state index contributed by atoms with van der Waals surface area (Å²) >= 11 is 0. The minimum atomic E-state index is -4.32. The summed E-state index contributed by atoms with van der Waals surface area (Å²) in [6.07, 6.45) is 15.4. The average molecular weight is 539 g/mol. The molecule has 1 unspecified atom stereocenters. The highest BCUT2D eigenvalue weighted by Crippen LogP contribution is 2.30. The van der Waals surface area contributed by atoms with Crippen LogP contribution in [0.5, 0.6) is 0 Å². The van der Waals surface area contributed by atoms with E-state index in [4.69, 9.17) is 11.2 Å². The van der Waals surface area contributed by atoms with Crippen molar-refractivity contribution >= 4 is 12.0 Å². The van der Waals surface area contributed by atoms with Gasteiger partial charge in [0.25, 0.3) is 0 Å². The summed E-state index contributed by atoms with van der Waals surface area (Å²) in [6, 6.07) is 5.34. The van der Waals surface area contributed by atoms with Gasteiger partial charge in [0, 0.05) is 44.8 Å². The highest BCUT2D eigenvalue weighted by Gasteiger charge is 2.30. The van der Waals surface area contributed by atoms with Crippen molar-refractivity contribution in [1.82, 2.24) is 4.90 Å². The van der Waals surface area contributed by atoms with E-state index in [1.165, 1.54) is 12.1 Å².